The van der Waals surface area contributed by atoms with Crippen LogP contribution in [0.25, 0.3) is 0 Å². The van der Waals surface area contributed by atoms with Crippen molar-refractivity contribution in [1.29, 1.82) is 0 Å². The molecule has 2 aliphatic carbocycles. The van der Waals surface area contributed by atoms with Crippen LogP contribution in [0.4, 0.5) is 0 Å². The highest BCUT2D eigenvalue weighted by molar-refractivity contribution is 5.25. The molecule has 0 amide bonds. The van der Waals surface area contributed by atoms with Crippen molar-refractivity contribution in [2.45, 2.75) is 24.9 Å². The number of rotatable bonds is 0. The summed E-state index contributed by atoms with van der Waals surface area (Å²) < 4.78 is 0. The lowest BCUT2D eigenvalue weighted by molar-refractivity contribution is 0.0318. The second-order valence-corrected chi connectivity index (χ2v) is 4.37. The predicted octanol–water partition coefficient (Wildman–Crippen LogP) is 0.0377. The normalized spacial score (nSPS) is 64.8. The number of nitrogens with zero attached hydrogens (tertiary/aromatic N) is 1. The van der Waals surface area contributed by atoms with E-state index in [0.717, 1.165) is 17.4 Å². The summed E-state index contributed by atoms with van der Waals surface area (Å²) in [6, 6.07) is 1.41. The first kappa shape index (κ1) is 5.56. The molecule has 2 heteroatoms. The van der Waals surface area contributed by atoms with Crippen molar-refractivity contribution in [2.24, 2.45) is 17.1 Å². The van der Waals surface area contributed by atoms with E-state index in [1.807, 2.05) is 0 Å². The van der Waals surface area contributed by atoms with Gasteiger partial charge in [-0.2, -0.15) is 0 Å². The number of likely N-dealkylation sites (tertiary alicyclic amines) is 1. The zero-order valence-electron chi connectivity index (χ0n) is 6.38. The van der Waals surface area contributed by atoms with E-state index in [0.29, 0.717) is 6.04 Å². The minimum absolute atomic E-state index is 0.537. The monoisotopic (exact) mass is 138 g/mol. The van der Waals surface area contributed by atoms with Gasteiger partial charge in [0.15, 0.2) is 0 Å². The zero-order chi connectivity index (χ0) is 6.93. The summed E-state index contributed by atoms with van der Waals surface area (Å²) in [5.41, 5.74) is 6.72. The smallest absolute Gasteiger partial charge is 0.0179 e. The van der Waals surface area contributed by atoms with Crippen LogP contribution in [0.3, 0.4) is 0 Å². The zero-order valence-corrected chi connectivity index (χ0v) is 6.38. The molecule has 3 aliphatic rings. The third-order valence-electron chi connectivity index (χ3n) is 3.93. The van der Waals surface area contributed by atoms with E-state index in [-0.39, 0.29) is 0 Å². The molecule has 2 nitrogen and oxygen atoms in total. The van der Waals surface area contributed by atoms with Gasteiger partial charge >= 0.3 is 0 Å². The van der Waals surface area contributed by atoms with Crippen molar-refractivity contribution < 1.29 is 0 Å². The van der Waals surface area contributed by atoms with Crippen LogP contribution < -0.4 is 5.73 Å². The van der Waals surface area contributed by atoms with Gasteiger partial charge in [0.05, 0.1) is 0 Å². The molecule has 10 heavy (non-hydrogen) atoms. The molecule has 0 aromatic heterocycles. The number of hydrogen-bond donors (Lipinski definition) is 1. The van der Waals surface area contributed by atoms with E-state index in [9.17, 15) is 0 Å². The van der Waals surface area contributed by atoms with Crippen molar-refractivity contribution >= 4 is 0 Å². The molecule has 2 saturated carbocycles. The van der Waals surface area contributed by atoms with Crippen LogP contribution in [-0.2, 0) is 0 Å². The highest BCUT2D eigenvalue weighted by Gasteiger charge is 2.72. The maximum Gasteiger partial charge on any atom is 0.0179 e. The van der Waals surface area contributed by atoms with Crippen LogP contribution >= 0.6 is 0 Å². The van der Waals surface area contributed by atoms with Gasteiger partial charge in [0.2, 0.25) is 0 Å². The fraction of sp³-hybridized carbons (Fsp3) is 1.00. The molecule has 0 aromatic carbocycles. The fourth-order valence-electron chi connectivity index (χ4n) is 3.34. The van der Waals surface area contributed by atoms with Crippen molar-refractivity contribution in [3.05, 3.63) is 0 Å². The maximum absolute atomic E-state index is 5.97. The van der Waals surface area contributed by atoms with E-state index < -0.39 is 0 Å². The van der Waals surface area contributed by atoms with Gasteiger partial charge in [-0.05, 0) is 25.8 Å². The summed E-state index contributed by atoms with van der Waals surface area (Å²) in [6.07, 6.45) is 2.70. The quantitative estimate of drug-likeness (QED) is 0.512. The highest BCUT2D eigenvalue weighted by atomic mass is 15.3. The van der Waals surface area contributed by atoms with Crippen LogP contribution in [0, 0.1) is 11.3 Å². The standard InChI is InChI=1S/C8H14N2/c1-10-4-8-3-5(8)6(9)2-7(8)10/h5-7H,2-4,9H2,1H3. The number of nitrogens with two attached hydrogens (primary N) is 1. The van der Waals surface area contributed by atoms with Gasteiger partial charge in [0, 0.05) is 24.0 Å². The lowest BCUT2D eigenvalue weighted by Gasteiger charge is -2.45. The van der Waals surface area contributed by atoms with Crippen molar-refractivity contribution in [2.75, 3.05) is 13.6 Å². The average Bonchev–Trinajstić information content (AvgIpc) is 2.56. The lowest BCUT2D eigenvalue weighted by atomic mass is 9.87. The topological polar surface area (TPSA) is 29.3 Å². The Morgan fingerprint density at radius 1 is 1.60 bits per heavy atom. The predicted molar refractivity (Wildman–Crippen MR) is 39.6 cm³/mol. The first-order valence-electron chi connectivity index (χ1n) is 4.20. The molecule has 4 unspecified atom stereocenters. The second-order valence-electron chi connectivity index (χ2n) is 4.37. The summed E-state index contributed by atoms with van der Waals surface area (Å²) in [7, 11) is 2.23. The van der Waals surface area contributed by atoms with Crippen LogP contribution in [0.1, 0.15) is 12.8 Å². The Balaban J connectivity index is 1.92. The van der Waals surface area contributed by atoms with Gasteiger partial charge in [-0.3, -0.25) is 0 Å². The van der Waals surface area contributed by atoms with Crippen LogP contribution in [0.5, 0.6) is 0 Å². The average molecular weight is 138 g/mol. The highest BCUT2D eigenvalue weighted by Crippen LogP contribution is 2.69. The van der Waals surface area contributed by atoms with Crippen LogP contribution in [0.2, 0.25) is 0 Å². The summed E-state index contributed by atoms with van der Waals surface area (Å²) in [4.78, 5) is 2.47. The van der Waals surface area contributed by atoms with Crippen molar-refractivity contribution in [3.8, 4) is 0 Å². The molecular weight excluding hydrogens is 124 g/mol. The molecule has 56 valence electrons. The molecule has 0 aromatic rings. The molecule has 1 heterocycles. The Kier molecular flexibility index (Phi) is 0.710. The van der Waals surface area contributed by atoms with Crippen molar-refractivity contribution in [1.82, 2.24) is 4.90 Å². The van der Waals surface area contributed by atoms with Gasteiger partial charge in [-0.1, -0.05) is 0 Å². The van der Waals surface area contributed by atoms with E-state index in [2.05, 4.69) is 11.9 Å². The Bertz CT molecular complexity index is 192. The van der Waals surface area contributed by atoms with Gasteiger partial charge in [-0.15, -0.1) is 0 Å². The second kappa shape index (κ2) is 1.28. The molecule has 0 radical (unpaired) electrons. The molecule has 1 aliphatic heterocycles. The SMILES string of the molecule is CN1CC23CC2C(N)CC13. The third-order valence-corrected chi connectivity index (χ3v) is 3.93. The van der Waals surface area contributed by atoms with E-state index in [1.54, 1.807) is 0 Å². The van der Waals surface area contributed by atoms with Gasteiger partial charge in [0.1, 0.15) is 0 Å². The fourth-order valence-corrected chi connectivity index (χ4v) is 3.34. The lowest BCUT2D eigenvalue weighted by Crippen LogP contribution is -2.54. The summed E-state index contributed by atoms with van der Waals surface area (Å²) in [6.45, 7) is 1.33. The first-order valence-corrected chi connectivity index (χ1v) is 4.20. The van der Waals surface area contributed by atoms with Crippen LogP contribution in [-0.4, -0.2) is 30.6 Å². The Morgan fingerprint density at radius 2 is 2.40 bits per heavy atom. The Hall–Kier alpha value is -0.0800. The van der Waals surface area contributed by atoms with E-state index in [1.165, 1.54) is 19.4 Å². The summed E-state index contributed by atoms with van der Waals surface area (Å²) in [5.74, 6) is 0.911. The van der Waals surface area contributed by atoms with E-state index >= 15 is 0 Å². The number of hydrogen-bond acceptors (Lipinski definition) is 2. The van der Waals surface area contributed by atoms with Gasteiger partial charge in [0.25, 0.3) is 0 Å². The van der Waals surface area contributed by atoms with Crippen molar-refractivity contribution in [3.63, 3.8) is 0 Å². The third kappa shape index (κ3) is 0.372. The maximum atomic E-state index is 5.97. The van der Waals surface area contributed by atoms with Gasteiger partial charge in [-0.25, -0.2) is 0 Å². The molecule has 1 saturated heterocycles. The Labute approximate surface area is 61.4 Å². The molecule has 4 atom stereocenters. The Morgan fingerprint density at radius 3 is 2.80 bits per heavy atom. The van der Waals surface area contributed by atoms with E-state index in [4.69, 9.17) is 5.73 Å². The minimum Gasteiger partial charge on any atom is -0.327 e. The molecule has 3 rings (SSSR count). The summed E-state index contributed by atoms with van der Waals surface area (Å²) >= 11 is 0. The molecule has 3 fully saturated rings. The first-order chi connectivity index (χ1) is 4.74. The molecular formula is C8H14N2. The largest absolute Gasteiger partial charge is 0.327 e. The van der Waals surface area contributed by atoms with Gasteiger partial charge < -0.3 is 10.6 Å². The molecule has 2 N–H and O–H groups in total. The minimum atomic E-state index is 0.537. The molecule has 1 spiro atoms. The molecule has 0 bridgehead atoms. The summed E-state index contributed by atoms with van der Waals surface area (Å²) in [5, 5.41) is 0. The van der Waals surface area contributed by atoms with Crippen LogP contribution in [0.15, 0.2) is 0 Å².